The first-order chi connectivity index (χ1) is 17.0. The summed E-state index contributed by atoms with van der Waals surface area (Å²) in [6.45, 7) is 2.42. The topological polar surface area (TPSA) is 98.6 Å². The highest BCUT2D eigenvalue weighted by atomic mass is 32.1. The van der Waals surface area contributed by atoms with Gasteiger partial charge in [-0.25, -0.2) is 9.97 Å². The summed E-state index contributed by atoms with van der Waals surface area (Å²) in [6.07, 6.45) is 2.93. The van der Waals surface area contributed by atoms with Crippen molar-refractivity contribution >= 4 is 28.9 Å². The number of likely N-dealkylation sites (tertiary alicyclic amines) is 1. The van der Waals surface area contributed by atoms with Gasteiger partial charge < -0.3 is 20.4 Å². The van der Waals surface area contributed by atoms with Crippen LogP contribution in [-0.4, -0.2) is 37.5 Å². The molecule has 0 saturated carbocycles. The van der Waals surface area contributed by atoms with Crippen LogP contribution >= 0.6 is 11.3 Å². The van der Waals surface area contributed by atoms with Crippen LogP contribution < -0.4 is 5.32 Å². The first kappa shape index (κ1) is 23.0. The maximum absolute atomic E-state index is 13.4. The minimum Gasteiger partial charge on any atom is -0.508 e. The average molecular weight is 487 g/mol. The summed E-state index contributed by atoms with van der Waals surface area (Å²) in [5.74, 6) is 0.649. The molecule has 3 N–H and O–H groups in total. The second-order valence-corrected chi connectivity index (χ2v) is 9.69. The third kappa shape index (κ3) is 5.03. The third-order valence-electron chi connectivity index (χ3n) is 6.12. The molecule has 1 amide bonds. The van der Waals surface area contributed by atoms with Crippen LogP contribution in [0, 0.1) is 0 Å². The molecule has 0 radical (unpaired) electrons. The second kappa shape index (κ2) is 9.85. The van der Waals surface area contributed by atoms with Gasteiger partial charge in [0.2, 0.25) is 5.95 Å². The molecule has 1 saturated heterocycles. The van der Waals surface area contributed by atoms with Gasteiger partial charge in [0.1, 0.15) is 5.75 Å². The van der Waals surface area contributed by atoms with Crippen LogP contribution in [0.1, 0.15) is 52.7 Å². The molecule has 2 aromatic heterocycles. The van der Waals surface area contributed by atoms with Gasteiger partial charge in [0, 0.05) is 18.4 Å². The number of aromatic hydroxyl groups is 1. The van der Waals surface area contributed by atoms with Crippen molar-refractivity contribution < 1.29 is 15.0 Å². The molecule has 3 heterocycles. The van der Waals surface area contributed by atoms with Crippen molar-refractivity contribution in [2.45, 2.75) is 31.9 Å². The number of nitrogens with one attached hydrogen (secondary N) is 1. The Morgan fingerprint density at radius 1 is 1.14 bits per heavy atom. The molecule has 7 nitrogen and oxygen atoms in total. The van der Waals surface area contributed by atoms with Crippen LogP contribution in [0.3, 0.4) is 0 Å². The number of aliphatic hydroxyl groups is 1. The van der Waals surface area contributed by atoms with E-state index in [0.29, 0.717) is 17.4 Å². The lowest BCUT2D eigenvalue weighted by atomic mass is 10.0. The van der Waals surface area contributed by atoms with Crippen LogP contribution in [0.4, 0.5) is 11.6 Å². The minimum absolute atomic E-state index is 0.00515. The number of hydrogen-bond acceptors (Lipinski definition) is 7. The standard InChI is InChI=1S/C27H26N4O3S/c1-17(32)18-5-2-7-20(15-18)29-27-28-13-12-22(30-27)24-10-11-25(35-24)26(34)31-14-4-9-23(31)19-6-3-8-21(33)16-19/h2-3,5-8,10-13,15-17,23,32-33H,4,9,14H2,1H3,(H,28,29,30). The normalized spacial score (nSPS) is 16.3. The Bertz CT molecular complexity index is 1350. The summed E-state index contributed by atoms with van der Waals surface area (Å²) in [4.78, 5) is 25.7. The molecule has 0 bridgehead atoms. The summed E-state index contributed by atoms with van der Waals surface area (Å²) >= 11 is 1.41. The van der Waals surface area contributed by atoms with E-state index < -0.39 is 6.10 Å². The Kier molecular flexibility index (Phi) is 6.48. The van der Waals surface area contributed by atoms with E-state index in [1.807, 2.05) is 59.5 Å². The number of amides is 1. The highest BCUT2D eigenvalue weighted by Crippen LogP contribution is 2.36. The number of anilines is 2. The van der Waals surface area contributed by atoms with Crippen LogP contribution in [0.5, 0.6) is 5.75 Å². The summed E-state index contributed by atoms with van der Waals surface area (Å²) in [5, 5.41) is 22.9. The van der Waals surface area contributed by atoms with Crippen molar-refractivity contribution in [3.05, 3.63) is 88.9 Å². The number of carbonyl (C=O) groups excluding carboxylic acids is 1. The number of aliphatic hydroxyl groups excluding tert-OH is 1. The number of nitrogens with zero attached hydrogens (tertiary/aromatic N) is 3. The van der Waals surface area contributed by atoms with E-state index in [-0.39, 0.29) is 17.7 Å². The summed E-state index contributed by atoms with van der Waals surface area (Å²) < 4.78 is 0. The number of aromatic nitrogens is 2. The zero-order valence-electron chi connectivity index (χ0n) is 19.3. The van der Waals surface area contributed by atoms with E-state index in [1.54, 1.807) is 25.3 Å². The fourth-order valence-electron chi connectivity index (χ4n) is 4.38. The lowest BCUT2D eigenvalue weighted by Crippen LogP contribution is -2.29. The zero-order valence-corrected chi connectivity index (χ0v) is 20.1. The number of carbonyl (C=O) groups is 1. The van der Waals surface area contributed by atoms with Crippen LogP contribution in [0.25, 0.3) is 10.6 Å². The number of hydrogen-bond donors (Lipinski definition) is 3. The van der Waals surface area contributed by atoms with Crippen molar-refractivity contribution in [1.29, 1.82) is 0 Å². The molecule has 5 rings (SSSR count). The molecule has 1 aliphatic heterocycles. The number of phenols is 1. The van der Waals surface area contributed by atoms with Gasteiger partial charge in [0.25, 0.3) is 5.91 Å². The van der Waals surface area contributed by atoms with Gasteiger partial charge in [0.05, 0.1) is 27.6 Å². The fourth-order valence-corrected chi connectivity index (χ4v) is 5.31. The molecule has 35 heavy (non-hydrogen) atoms. The molecule has 1 fully saturated rings. The molecular weight excluding hydrogens is 460 g/mol. The Morgan fingerprint density at radius 3 is 2.83 bits per heavy atom. The number of benzene rings is 2. The van der Waals surface area contributed by atoms with Crippen molar-refractivity contribution in [2.75, 3.05) is 11.9 Å². The van der Waals surface area contributed by atoms with Gasteiger partial charge in [-0.05, 0) is 73.4 Å². The molecule has 178 valence electrons. The van der Waals surface area contributed by atoms with Crippen LogP contribution in [0.2, 0.25) is 0 Å². The smallest absolute Gasteiger partial charge is 0.264 e. The van der Waals surface area contributed by atoms with Gasteiger partial charge in [-0.3, -0.25) is 4.79 Å². The predicted octanol–water partition coefficient (Wildman–Crippen LogP) is 5.68. The predicted molar refractivity (Wildman–Crippen MR) is 137 cm³/mol. The monoisotopic (exact) mass is 486 g/mol. The molecule has 0 spiro atoms. The van der Waals surface area contributed by atoms with E-state index in [1.165, 1.54) is 11.3 Å². The van der Waals surface area contributed by atoms with Crippen LogP contribution in [0.15, 0.2) is 72.9 Å². The van der Waals surface area contributed by atoms with Gasteiger partial charge in [-0.2, -0.15) is 0 Å². The highest BCUT2D eigenvalue weighted by molar-refractivity contribution is 7.17. The number of phenolic OH excluding ortho intramolecular Hbond substituents is 1. The Balaban J connectivity index is 1.34. The van der Waals surface area contributed by atoms with Gasteiger partial charge in [-0.15, -0.1) is 11.3 Å². The van der Waals surface area contributed by atoms with Gasteiger partial charge in [-0.1, -0.05) is 24.3 Å². The number of rotatable bonds is 6. The van der Waals surface area contributed by atoms with E-state index in [4.69, 9.17) is 0 Å². The minimum atomic E-state index is -0.561. The molecule has 8 heteroatoms. The Hall–Kier alpha value is -3.75. The van der Waals surface area contributed by atoms with Crippen molar-refractivity contribution in [3.8, 4) is 16.3 Å². The van der Waals surface area contributed by atoms with Crippen LogP contribution in [-0.2, 0) is 0 Å². The van der Waals surface area contributed by atoms with Crippen molar-refractivity contribution in [2.24, 2.45) is 0 Å². The lowest BCUT2D eigenvalue weighted by Gasteiger charge is -2.24. The van der Waals surface area contributed by atoms with Crippen molar-refractivity contribution in [1.82, 2.24) is 14.9 Å². The lowest BCUT2D eigenvalue weighted by molar-refractivity contribution is 0.0740. The molecule has 2 aromatic carbocycles. The molecule has 2 unspecified atom stereocenters. The summed E-state index contributed by atoms with van der Waals surface area (Å²) in [7, 11) is 0. The molecule has 4 aromatic rings. The van der Waals surface area contributed by atoms with E-state index in [2.05, 4.69) is 15.3 Å². The molecular formula is C27H26N4O3S. The quantitative estimate of drug-likeness (QED) is 0.324. The average Bonchev–Trinajstić information content (AvgIpc) is 3.54. The first-order valence-corrected chi connectivity index (χ1v) is 12.4. The maximum Gasteiger partial charge on any atom is 0.264 e. The molecule has 2 atom stereocenters. The summed E-state index contributed by atoms with van der Waals surface area (Å²) in [6, 6.07) is 20.2. The van der Waals surface area contributed by atoms with E-state index in [9.17, 15) is 15.0 Å². The zero-order chi connectivity index (χ0) is 24.4. The summed E-state index contributed by atoms with van der Waals surface area (Å²) in [5.41, 5.74) is 3.27. The van der Waals surface area contributed by atoms with Gasteiger partial charge >= 0.3 is 0 Å². The Morgan fingerprint density at radius 2 is 2.00 bits per heavy atom. The SMILES string of the molecule is CC(O)c1cccc(Nc2nccc(-c3ccc(C(=O)N4CCCC4c4cccc(O)c4)s3)n2)c1. The third-order valence-corrected chi connectivity index (χ3v) is 7.21. The van der Waals surface area contributed by atoms with E-state index >= 15 is 0 Å². The second-order valence-electron chi connectivity index (χ2n) is 8.61. The fraction of sp³-hybridized carbons (Fsp3) is 0.222. The molecule has 0 aliphatic carbocycles. The molecule has 1 aliphatic rings. The number of thiophene rings is 1. The first-order valence-electron chi connectivity index (χ1n) is 11.6. The Labute approximate surface area is 207 Å². The highest BCUT2D eigenvalue weighted by Gasteiger charge is 2.31. The largest absolute Gasteiger partial charge is 0.508 e. The van der Waals surface area contributed by atoms with Gasteiger partial charge in [0.15, 0.2) is 0 Å². The van der Waals surface area contributed by atoms with E-state index in [0.717, 1.165) is 40.2 Å². The van der Waals surface area contributed by atoms with Crippen molar-refractivity contribution in [3.63, 3.8) is 0 Å². The maximum atomic E-state index is 13.4.